The zero-order chi connectivity index (χ0) is 19.7. The lowest BCUT2D eigenvalue weighted by Crippen LogP contribution is -2.41. The third kappa shape index (κ3) is 17.3. The molecule has 0 aromatic carbocycles. The second-order valence-corrected chi connectivity index (χ2v) is 10.0. The lowest BCUT2D eigenvalue weighted by molar-refractivity contribution is -0.891. The molecule has 158 valence electrons. The van der Waals surface area contributed by atoms with E-state index in [-0.39, 0.29) is 0 Å². The summed E-state index contributed by atoms with van der Waals surface area (Å²) in [6.45, 7) is 10.1. The van der Waals surface area contributed by atoms with Gasteiger partial charge in [-0.05, 0) is 51.4 Å². The molecule has 2 nitrogen and oxygen atoms in total. The van der Waals surface area contributed by atoms with Crippen LogP contribution in [0.5, 0.6) is 0 Å². The van der Waals surface area contributed by atoms with Crippen LogP contribution < -0.4 is 0 Å². The van der Waals surface area contributed by atoms with Gasteiger partial charge in [0.05, 0.1) is 54.4 Å². The molecule has 0 unspecified atom stereocenters. The highest BCUT2D eigenvalue weighted by Crippen LogP contribution is 2.12. The zero-order valence-electron chi connectivity index (χ0n) is 19.6. The predicted molar refractivity (Wildman–Crippen MR) is 120 cm³/mol. The Kier molecular flexibility index (Phi) is 15.9. The van der Waals surface area contributed by atoms with Crippen molar-refractivity contribution in [2.24, 2.45) is 0 Å². The van der Waals surface area contributed by atoms with E-state index in [1.54, 1.807) is 0 Å². The van der Waals surface area contributed by atoms with Crippen LogP contribution in [0.15, 0.2) is 0 Å². The van der Waals surface area contributed by atoms with Crippen molar-refractivity contribution in [2.45, 2.75) is 104 Å². The van der Waals surface area contributed by atoms with Crippen LogP contribution in [0.25, 0.3) is 0 Å². The molecule has 0 aliphatic heterocycles. The molecular formula is C24H54N2+2. The highest BCUT2D eigenvalue weighted by atomic mass is 15.3. The first-order valence-electron chi connectivity index (χ1n) is 12.0. The SMILES string of the molecule is CCCCCCC[N+](C)(C)CCCCCC[N+](C)(C)CCCCCCC. The van der Waals surface area contributed by atoms with Gasteiger partial charge in [0.1, 0.15) is 0 Å². The molecule has 0 saturated heterocycles. The summed E-state index contributed by atoms with van der Waals surface area (Å²) in [4.78, 5) is 0. The minimum atomic E-state index is 1.23. The molecule has 0 aromatic heterocycles. The van der Waals surface area contributed by atoms with Crippen molar-refractivity contribution in [3.8, 4) is 0 Å². The van der Waals surface area contributed by atoms with E-state index >= 15 is 0 Å². The Balaban J connectivity index is 3.59. The van der Waals surface area contributed by atoms with Gasteiger partial charge in [0.25, 0.3) is 0 Å². The second kappa shape index (κ2) is 15.9. The monoisotopic (exact) mass is 370 g/mol. The highest BCUT2D eigenvalue weighted by molar-refractivity contribution is 4.48. The Labute approximate surface area is 167 Å². The van der Waals surface area contributed by atoms with Gasteiger partial charge in [-0.25, -0.2) is 0 Å². The summed E-state index contributed by atoms with van der Waals surface area (Å²) < 4.78 is 2.46. The summed E-state index contributed by atoms with van der Waals surface area (Å²) in [7, 11) is 9.72. The van der Waals surface area contributed by atoms with Gasteiger partial charge in [-0.2, -0.15) is 0 Å². The minimum absolute atomic E-state index is 1.23. The molecule has 0 spiro atoms. The molecule has 2 heteroatoms. The summed E-state index contributed by atoms with van der Waals surface area (Å²) in [5.41, 5.74) is 0. The van der Waals surface area contributed by atoms with Crippen molar-refractivity contribution in [1.82, 2.24) is 0 Å². The Bertz CT molecular complexity index is 267. The fourth-order valence-electron chi connectivity index (χ4n) is 3.94. The molecule has 0 N–H and O–H groups in total. The first kappa shape index (κ1) is 25.9. The number of quaternary nitrogens is 2. The number of hydrogen-bond donors (Lipinski definition) is 0. The molecule has 26 heavy (non-hydrogen) atoms. The van der Waals surface area contributed by atoms with Crippen molar-refractivity contribution >= 4 is 0 Å². The van der Waals surface area contributed by atoms with Gasteiger partial charge in [-0.3, -0.25) is 0 Å². The highest BCUT2D eigenvalue weighted by Gasteiger charge is 2.15. The van der Waals surface area contributed by atoms with Crippen LogP contribution in [0.4, 0.5) is 0 Å². The number of unbranched alkanes of at least 4 members (excludes halogenated alkanes) is 11. The standard InChI is InChI=1S/C24H54N2/c1-7-9-11-13-17-21-25(3,4)23-19-15-16-20-24-26(5,6)22-18-14-12-10-8-2/h7-24H2,1-6H3/q+2. The maximum atomic E-state index is 2.43. The van der Waals surface area contributed by atoms with E-state index in [4.69, 9.17) is 0 Å². The summed E-state index contributed by atoms with van der Waals surface area (Å²) in [5.74, 6) is 0. The van der Waals surface area contributed by atoms with Crippen LogP contribution in [0.3, 0.4) is 0 Å². The first-order chi connectivity index (χ1) is 12.3. The smallest absolute Gasteiger partial charge is 0.0782 e. The first-order valence-corrected chi connectivity index (χ1v) is 12.0. The third-order valence-corrected chi connectivity index (χ3v) is 6.01. The van der Waals surface area contributed by atoms with Gasteiger partial charge in [0, 0.05) is 0 Å². The van der Waals surface area contributed by atoms with Gasteiger partial charge in [-0.1, -0.05) is 52.4 Å². The summed E-state index contributed by atoms with van der Waals surface area (Å²) in [5, 5.41) is 0. The van der Waals surface area contributed by atoms with Crippen LogP contribution in [-0.4, -0.2) is 63.3 Å². The zero-order valence-corrected chi connectivity index (χ0v) is 19.6. The van der Waals surface area contributed by atoms with Crippen LogP contribution >= 0.6 is 0 Å². The maximum absolute atomic E-state index is 2.43. The Morgan fingerprint density at radius 3 is 0.808 bits per heavy atom. The van der Waals surface area contributed by atoms with E-state index in [1.807, 2.05) is 0 Å². The molecule has 0 rings (SSSR count). The summed E-state index contributed by atoms with van der Waals surface area (Å²) in [6.07, 6.45) is 19.8. The normalized spacial score (nSPS) is 12.7. The van der Waals surface area contributed by atoms with Crippen molar-refractivity contribution in [2.75, 3.05) is 54.4 Å². The molecule has 0 atom stereocenters. The van der Waals surface area contributed by atoms with E-state index in [1.165, 1.54) is 125 Å². The van der Waals surface area contributed by atoms with Gasteiger partial charge in [0.15, 0.2) is 0 Å². The molecule has 0 aliphatic rings. The average molecular weight is 371 g/mol. The van der Waals surface area contributed by atoms with E-state index in [9.17, 15) is 0 Å². The molecule has 0 heterocycles. The molecule has 0 aromatic rings. The van der Waals surface area contributed by atoms with Gasteiger partial charge >= 0.3 is 0 Å². The Morgan fingerprint density at radius 1 is 0.346 bits per heavy atom. The molecule has 0 saturated carbocycles. The predicted octanol–water partition coefficient (Wildman–Crippen LogP) is 6.64. The summed E-state index contributed by atoms with van der Waals surface area (Å²) in [6, 6.07) is 0. The number of nitrogens with zero attached hydrogens (tertiary/aromatic N) is 2. The Morgan fingerprint density at radius 2 is 0.577 bits per heavy atom. The maximum Gasteiger partial charge on any atom is 0.0782 e. The minimum Gasteiger partial charge on any atom is -0.328 e. The fourth-order valence-corrected chi connectivity index (χ4v) is 3.94. The van der Waals surface area contributed by atoms with Crippen LogP contribution in [0, 0.1) is 0 Å². The molecule has 0 fully saturated rings. The lowest BCUT2D eigenvalue weighted by atomic mass is 10.1. The van der Waals surface area contributed by atoms with Crippen LogP contribution in [0.2, 0.25) is 0 Å². The largest absolute Gasteiger partial charge is 0.328 e. The van der Waals surface area contributed by atoms with Crippen LogP contribution in [0.1, 0.15) is 104 Å². The van der Waals surface area contributed by atoms with E-state index in [0.29, 0.717) is 0 Å². The topological polar surface area (TPSA) is 0 Å². The summed E-state index contributed by atoms with van der Waals surface area (Å²) >= 11 is 0. The van der Waals surface area contributed by atoms with Gasteiger partial charge in [0.2, 0.25) is 0 Å². The molecule has 0 bridgehead atoms. The van der Waals surface area contributed by atoms with Crippen molar-refractivity contribution in [3.05, 3.63) is 0 Å². The van der Waals surface area contributed by atoms with Crippen LogP contribution in [-0.2, 0) is 0 Å². The number of hydrogen-bond acceptors (Lipinski definition) is 0. The molecule has 0 radical (unpaired) electrons. The van der Waals surface area contributed by atoms with E-state index in [0.717, 1.165) is 0 Å². The van der Waals surface area contributed by atoms with Gasteiger partial charge in [-0.15, -0.1) is 0 Å². The number of rotatable bonds is 19. The Hall–Kier alpha value is -0.0800. The quantitative estimate of drug-likeness (QED) is 0.176. The van der Waals surface area contributed by atoms with E-state index < -0.39 is 0 Å². The third-order valence-electron chi connectivity index (χ3n) is 6.01. The molecule has 0 amide bonds. The average Bonchev–Trinajstić information content (AvgIpc) is 2.57. The second-order valence-electron chi connectivity index (χ2n) is 10.0. The lowest BCUT2D eigenvalue weighted by Gasteiger charge is -2.31. The van der Waals surface area contributed by atoms with Crippen molar-refractivity contribution in [3.63, 3.8) is 0 Å². The van der Waals surface area contributed by atoms with Crippen molar-refractivity contribution < 1.29 is 8.97 Å². The van der Waals surface area contributed by atoms with E-state index in [2.05, 4.69) is 42.0 Å². The van der Waals surface area contributed by atoms with Crippen molar-refractivity contribution in [1.29, 1.82) is 0 Å². The molecule has 0 aliphatic carbocycles. The van der Waals surface area contributed by atoms with Gasteiger partial charge < -0.3 is 8.97 Å². The fraction of sp³-hybridized carbons (Fsp3) is 1.00. The molecular weight excluding hydrogens is 316 g/mol.